The Morgan fingerprint density at radius 2 is 1.94 bits per heavy atom. The van der Waals surface area contributed by atoms with Crippen LogP contribution in [0, 0.1) is 11.3 Å². The molecule has 0 amide bonds. The molecule has 1 spiro atoms. The zero-order valence-corrected chi connectivity index (χ0v) is 19.5. The summed E-state index contributed by atoms with van der Waals surface area (Å²) in [5.74, 6) is 0.552. The predicted octanol–water partition coefficient (Wildman–Crippen LogP) is 3.63. The number of Topliss-reactive ketones (excluding diaryl/α,β-unsaturated/α-hetero) is 1. The fraction of sp³-hybridized carbons (Fsp3) is 0.440. The number of carbonyl (C=O) groups is 1. The molecule has 7 nitrogen and oxygen atoms in total. The van der Waals surface area contributed by atoms with Crippen molar-refractivity contribution in [1.29, 1.82) is 5.26 Å². The summed E-state index contributed by atoms with van der Waals surface area (Å²) in [7, 11) is -3.41. The number of carbonyl (C=O) groups excluding carboxylic acids is 1. The normalized spacial score (nSPS) is 25.0. The van der Waals surface area contributed by atoms with Crippen molar-refractivity contribution in [2.45, 2.75) is 56.7 Å². The average Bonchev–Trinajstić information content (AvgIpc) is 2.78. The number of fused-ring (bicyclic) bond motifs is 2. The highest BCUT2D eigenvalue weighted by Crippen LogP contribution is 2.44. The molecule has 1 fully saturated rings. The number of ether oxygens (including phenoxy) is 1. The molecular formula is C25H27N3O4S. The Hall–Kier alpha value is -2.89. The molecule has 0 unspecified atom stereocenters. The third-order valence-corrected chi connectivity index (χ3v) is 7.76. The van der Waals surface area contributed by atoms with E-state index < -0.39 is 15.6 Å². The lowest BCUT2D eigenvalue weighted by atomic mass is 9.76. The highest BCUT2D eigenvalue weighted by atomic mass is 32.2. The molecule has 1 saturated carbocycles. The van der Waals surface area contributed by atoms with E-state index >= 15 is 0 Å². The van der Waals surface area contributed by atoms with Gasteiger partial charge in [0.25, 0.3) is 0 Å². The number of nitriles is 1. The molecule has 172 valence electrons. The van der Waals surface area contributed by atoms with Gasteiger partial charge in [-0.3, -0.25) is 14.4 Å². The Morgan fingerprint density at radius 1 is 1.15 bits per heavy atom. The molecule has 2 aromatic carbocycles. The summed E-state index contributed by atoms with van der Waals surface area (Å²) < 4.78 is 31.8. The number of hydrogen-bond acceptors (Lipinski definition) is 6. The number of benzene rings is 2. The van der Waals surface area contributed by atoms with Gasteiger partial charge in [-0.2, -0.15) is 5.26 Å². The standard InChI is InChI=1S/C25H27N3O4S/c1-33(30,31)27-20-4-5-24-22(13-20)23(29)14-25(32-24)9-6-21(7-10-25)28-11-8-18-12-17(15-26)2-3-19(18)16-28/h2-5,12-13,21,27H,6-11,14,16H2,1H3. The van der Waals surface area contributed by atoms with Crippen molar-refractivity contribution in [2.75, 3.05) is 17.5 Å². The van der Waals surface area contributed by atoms with Crippen molar-refractivity contribution in [3.8, 4) is 11.8 Å². The predicted molar refractivity (Wildman–Crippen MR) is 125 cm³/mol. The number of nitrogens with one attached hydrogen (secondary N) is 1. The lowest BCUT2D eigenvalue weighted by Gasteiger charge is -2.46. The molecule has 33 heavy (non-hydrogen) atoms. The highest BCUT2D eigenvalue weighted by Gasteiger charge is 2.44. The van der Waals surface area contributed by atoms with Gasteiger partial charge in [-0.1, -0.05) is 6.07 Å². The van der Waals surface area contributed by atoms with Crippen LogP contribution in [0.3, 0.4) is 0 Å². The van der Waals surface area contributed by atoms with Crippen LogP contribution in [-0.2, 0) is 23.0 Å². The number of ketones is 1. The smallest absolute Gasteiger partial charge is 0.229 e. The van der Waals surface area contributed by atoms with Gasteiger partial charge in [0.2, 0.25) is 10.0 Å². The van der Waals surface area contributed by atoms with Crippen LogP contribution in [0.2, 0.25) is 0 Å². The van der Waals surface area contributed by atoms with Gasteiger partial charge in [0, 0.05) is 24.8 Å². The van der Waals surface area contributed by atoms with Crippen molar-refractivity contribution < 1.29 is 17.9 Å². The minimum atomic E-state index is -3.41. The Morgan fingerprint density at radius 3 is 2.67 bits per heavy atom. The van der Waals surface area contributed by atoms with Crippen molar-refractivity contribution in [2.24, 2.45) is 0 Å². The van der Waals surface area contributed by atoms with Crippen LogP contribution in [0.5, 0.6) is 5.75 Å². The van der Waals surface area contributed by atoms with Crippen LogP contribution < -0.4 is 9.46 Å². The van der Waals surface area contributed by atoms with E-state index in [0.29, 0.717) is 29.5 Å². The second-order valence-electron chi connectivity index (χ2n) is 9.52. The van der Waals surface area contributed by atoms with E-state index in [4.69, 9.17) is 10.00 Å². The van der Waals surface area contributed by atoms with Crippen LogP contribution in [0.25, 0.3) is 0 Å². The van der Waals surface area contributed by atoms with Crippen molar-refractivity contribution in [3.05, 3.63) is 58.7 Å². The maximum atomic E-state index is 13.0. The van der Waals surface area contributed by atoms with Crippen LogP contribution in [0.4, 0.5) is 5.69 Å². The van der Waals surface area contributed by atoms with E-state index in [0.717, 1.165) is 57.0 Å². The SMILES string of the molecule is CS(=O)(=O)Nc1ccc2c(c1)C(=O)CC1(CCC(N3CCc4cc(C#N)ccc4C3)CC1)O2. The third kappa shape index (κ3) is 4.48. The zero-order chi connectivity index (χ0) is 23.2. The van der Waals surface area contributed by atoms with E-state index in [9.17, 15) is 13.2 Å². The molecule has 2 heterocycles. The van der Waals surface area contributed by atoms with Crippen molar-refractivity contribution >= 4 is 21.5 Å². The van der Waals surface area contributed by atoms with Gasteiger partial charge in [0.1, 0.15) is 11.4 Å². The van der Waals surface area contributed by atoms with Crippen LogP contribution in [-0.4, -0.2) is 43.5 Å². The molecular weight excluding hydrogens is 438 g/mol. The molecule has 2 aliphatic heterocycles. The van der Waals surface area contributed by atoms with Crippen LogP contribution in [0.15, 0.2) is 36.4 Å². The minimum absolute atomic E-state index is 0.00653. The summed E-state index contributed by atoms with van der Waals surface area (Å²) in [6, 6.07) is 13.6. The van der Waals surface area contributed by atoms with Gasteiger partial charge in [-0.25, -0.2) is 8.42 Å². The number of nitrogens with zero attached hydrogens (tertiary/aromatic N) is 2. The molecule has 1 aliphatic carbocycles. The third-order valence-electron chi connectivity index (χ3n) is 7.15. The summed E-state index contributed by atoms with van der Waals surface area (Å²) in [5.41, 5.74) is 3.65. The molecule has 0 aromatic heterocycles. The zero-order valence-electron chi connectivity index (χ0n) is 18.6. The first-order valence-corrected chi connectivity index (χ1v) is 13.2. The first kappa shape index (κ1) is 21.9. The summed E-state index contributed by atoms with van der Waals surface area (Å²) in [5, 5.41) is 9.13. The second kappa shape index (κ2) is 8.15. The molecule has 0 atom stereocenters. The van der Waals surface area contributed by atoms with Crippen LogP contribution in [0.1, 0.15) is 59.2 Å². The summed E-state index contributed by atoms with van der Waals surface area (Å²) >= 11 is 0. The number of anilines is 1. The van der Waals surface area contributed by atoms with Crippen LogP contribution >= 0.6 is 0 Å². The molecule has 8 heteroatoms. The van der Waals surface area contributed by atoms with Gasteiger partial charge in [-0.05, 0) is 73.6 Å². The fourth-order valence-electron chi connectivity index (χ4n) is 5.50. The average molecular weight is 466 g/mol. The van der Waals surface area contributed by atoms with Gasteiger partial charge in [0.15, 0.2) is 5.78 Å². The minimum Gasteiger partial charge on any atom is -0.486 e. The van der Waals surface area contributed by atoms with E-state index in [1.54, 1.807) is 18.2 Å². The van der Waals surface area contributed by atoms with E-state index in [1.807, 2.05) is 12.1 Å². The molecule has 5 rings (SSSR count). The molecule has 0 saturated heterocycles. The van der Waals surface area contributed by atoms with E-state index in [2.05, 4.69) is 21.8 Å². The first-order chi connectivity index (χ1) is 15.7. The quantitative estimate of drug-likeness (QED) is 0.743. The lowest BCUT2D eigenvalue weighted by Crippen LogP contribution is -2.50. The summed E-state index contributed by atoms with van der Waals surface area (Å²) in [4.78, 5) is 15.5. The molecule has 3 aliphatic rings. The van der Waals surface area contributed by atoms with Crippen molar-refractivity contribution in [1.82, 2.24) is 4.90 Å². The Balaban J connectivity index is 1.25. The maximum Gasteiger partial charge on any atom is 0.229 e. The Kier molecular flexibility index (Phi) is 5.42. The number of rotatable bonds is 3. The van der Waals surface area contributed by atoms with Crippen molar-refractivity contribution in [3.63, 3.8) is 0 Å². The molecule has 0 bridgehead atoms. The largest absolute Gasteiger partial charge is 0.486 e. The molecule has 1 N–H and O–H groups in total. The van der Waals surface area contributed by atoms with E-state index in [-0.39, 0.29) is 5.78 Å². The van der Waals surface area contributed by atoms with Gasteiger partial charge in [-0.15, -0.1) is 0 Å². The Bertz CT molecular complexity index is 1260. The number of sulfonamides is 1. The van der Waals surface area contributed by atoms with Gasteiger partial charge in [0.05, 0.1) is 29.9 Å². The summed E-state index contributed by atoms with van der Waals surface area (Å²) in [6.45, 7) is 1.88. The topological polar surface area (TPSA) is 99.5 Å². The first-order valence-electron chi connectivity index (χ1n) is 11.3. The fourth-order valence-corrected chi connectivity index (χ4v) is 6.06. The maximum absolute atomic E-state index is 13.0. The van der Waals surface area contributed by atoms with Gasteiger partial charge < -0.3 is 4.74 Å². The highest BCUT2D eigenvalue weighted by molar-refractivity contribution is 7.92. The number of hydrogen-bond donors (Lipinski definition) is 1. The Labute approximate surface area is 194 Å². The van der Waals surface area contributed by atoms with Gasteiger partial charge >= 0.3 is 0 Å². The van der Waals surface area contributed by atoms with E-state index in [1.165, 1.54) is 11.1 Å². The molecule has 2 aromatic rings. The lowest BCUT2D eigenvalue weighted by molar-refractivity contribution is -0.0109. The second-order valence-corrected chi connectivity index (χ2v) is 11.3. The molecule has 0 radical (unpaired) electrons. The monoisotopic (exact) mass is 465 g/mol. The summed E-state index contributed by atoms with van der Waals surface area (Å²) in [6.07, 6.45) is 5.96.